The highest BCUT2D eigenvalue weighted by atomic mass is 16.6. The van der Waals surface area contributed by atoms with Crippen molar-refractivity contribution in [2.24, 2.45) is 0 Å². The van der Waals surface area contributed by atoms with Crippen LogP contribution in [0.25, 0.3) is 0 Å². The summed E-state index contributed by atoms with van der Waals surface area (Å²) in [4.78, 5) is 4.15. The molecule has 1 aromatic carbocycles. The second-order valence-electron chi connectivity index (χ2n) is 3.99. The molecule has 0 aliphatic carbocycles. The minimum Gasteiger partial charge on any atom is -0.486 e. The fourth-order valence-electron chi connectivity index (χ4n) is 1.85. The zero-order valence-corrected chi connectivity index (χ0v) is 10.1. The van der Waals surface area contributed by atoms with E-state index in [1.54, 1.807) is 18.3 Å². The summed E-state index contributed by atoms with van der Waals surface area (Å²) in [5, 5.41) is 12.1. The maximum absolute atomic E-state index is 9.01. The molecule has 0 spiro atoms. The maximum atomic E-state index is 9.01. The Hall–Kier alpha value is -2.74. The van der Waals surface area contributed by atoms with Crippen LogP contribution >= 0.6 is 0 Å². The first kappa shape index (κ1) is 11.4. The first-order valence-electron chi connectivity index (χ1n) is 5.88. The number of nitrogens with zero attached hydrogens (tertiary/aromatic N) is 2. The molecular weight excluding hydrogens is 242 g/mol. The predicted molar refractivity (Wildman–Crippen MR) is 69.7 cm³/mol. The summed E-state index contributed by atoms with van der Waals surface area (Å²) in [5.41, 5.74) is 1.30. The van der Waals surface area contributed by atoms with E-state index in [2.05, 4.69) is 16.4 Å². The summed E-state index contributed by atoms with van der Waals surface area (Å²) in [6.45, 7) is 1.11. The van der Waals surface area contributed by atoms with E-state index in [1.807, 2.05) is 18.2 Å². The molecule has 94 valence electrons. The zero-order chi connectivity index (χ0) is 13.1. The number of benzene rings is 1. The Kier molecular flexibility index (Phi) is 2.91. The minimum atomic E-state index is 0.498. The van der Waals surface area contributed by atoms with Gasteiger partial charge in [-0.15, -0.1) is 0 Å². The van der Waals surface area contributed by atoms with E-state index in [4.69, 9.17) is 14.7 Å². The van der Waals surface area contributed by atoms with Crippen molar-refractivity contribution in [3.63, 3.8) is 0 Å². The van der Waals surface area contributed by atoms with Crippen molar-refractivity contribution in [3.8, 4) is 17.6 Å². The lowest BCUT2D eigenvalue weighted by Crippen LogP contribution is -2.15. The molecule has 0 amide bonds. The van der Waals surface area contributed by atoms with Gasteiger partial charge in [0.1, 0.15) is 25.1 Å². The lowest BCUT2D eigenvalue weighted by molar-refractivity contribution is 0.171. The van der Waals surface area contributed by atoms with Crippen LogP contribution in [0.3, 0.4) is 0 Å². The number of hydrogen-bond donors (Lipinski definition) is 1. The molecule has 5 heteroatoms. The molecule has 0 atom stereocenters. The van der Waals surface area contributed by atoms with E-state index in [-0.39, 0.29) is 0 Å². The van der Waals surface area contributed by atoms with Crippen LogP contribution in [0, 0.1) is 11.3 Å². The third-order valence-corrected chi connectivity index (χ3v) is 2.73. The van der Waals surface area contributed by atoms with Crippen LogP contribution in [0.4, 0.5) is 11.5 Å². The van der Waals surface area contributed by atoms with Crippen molar-refractivity contribution in [2.45, 2.75) is 0 Å². The smallest absolute Gasteiger partial charge is 0.163 e. The molecule has 0 saturated carbocycles. The molecule has 3 rings (SSSR count). The number of hydrogen-bond acceptors (Lipinski definition) is 5. The number of pyridine rings is 1. The number of ether oxygens (including phenoxy) is 2. The summed E-state index contributed by atoms with van der Waals surface area (Å²) in [6, 6.07) is 11.1. The van der Waals surface area contributed by atoms with Gasteiger partial charge in [-0.25, -0.2) is 4.98 Å². The summed E-state index contributed by atoms with van der Waals surface area (Å²) in [6.07, 6.45) is 1.64. The van der Waals surface area contributed by atoms with Crippen LogP contribution in [0.15, 0.2) is 36.5 Å². The topological polar surface area (TPSA) is 67.2 Å². The van der Waals surface area contributed by atoms with Crippen LogP contribution < -0.4 is 14.8 Å². The van der Waals surface area contributed by atoms with Crippen LogP contribution in [0.2, 0.25) is 0 Å². The van der Waals surface area contributed by atoms with Gasteiger partial charge in [0.05, 0.1) is 5.56 Å². The second kappa shape index (κ2) is 4.86. The summed E-state index contributed by atoms with van der Waals surface area (Å²) >= 11 is 0. The van der Waals surface area contributed by atoms with Crippen molar-refractivity contribution in [3.05, 3.63) is 42.1 Å². The van der Waals surface area contributed by atoms with E-state index in [9.17, 15) is 0 Å². The van der Waals surface area contributed by atoms with Crippen LogP contribution in [-0.4, -0.2) is 18.2 Å². The average molecular weight is 253 g/mol. The minimum absolute atomic E-state index is 0.498. The van der Waals surface area contributed by atoms with Crippen LogP contribution in [0.5, 0.6) is 11.5 Å². The van der Waals surface area contributed by atoms with Gasteiger partial charge in [-0.05, 0) is 24.3 Å². The lowest BCUT2D eigenvalue weighted by Gasteiger charge is -2.19. The third-order valence-electron chi connectivity index (χ3n) is 2.73. The largest absolute Gasteiger partial charge is 0.486 e. The van der Waals surface area contributed by atoms with E-state index < -0.39 is 0 Å². The molecular formula is C14H11N3O2. The van der Waals surface area contributed by atoms with Gasteiger partial charge in [0.2, 0.25) is 0 Å². The molecule has 19 heavy (non-hydrogen) atoms. The highest BCUT2D eigenvalue weighted by Gasteiger charge is 2.12. The molecule has 0 unspecified atom stereocenters. The van der Waals surface area contributed by atoms with Crippen LogP contribution in [-0.2, 0) is 0 Å². The molecule has 1 N–H and O–H groups in total. The Morgan fingerprint density at radius 3 is 2.84 bits per heavy atom. The predicted octanol–water partition coefficient (Wildman–Crippen LogP) is 2.47. The standard InChI is InChI=1S/C14H11N3O2/c15-9-10-2-1-5-16-14(10)17-11-3-4-12-13(8-11)19-7-6-18-12/h1-5,8H,6-7H2,(H,16,17). The van der Waals surface area contributed by atoms with Gasteiger partial charge < -0.3 is 14.8 Å². The molecule has 2 heterocycles. The van der Waals surface area contributed by atoms with Crippen molar-refractivity contribution in [2.75, 3.05) is 18.5 Å². The SMILES string of the molecule is N#Cc1cccnc1Nc1ccc2c(c1)OCCO2. The summed E-state index contributed by atoms with van der Waals surface area (Å²) in [5.74, 6) is 1.96. The first-order valence-corrected chi connectivity index (χ1v) is 5.88. The molecule has 0 fully saturated rings. The first-order chi connectivity index (χ1) is 9.36. The zero-order valence-electron chi connectivity index (χ0n) is 10.1. The average Bonchev–Trinajstić information content (AvgIpc) is 2.48. The van der Waals surface area contributed by atoms with Gasteiger partial charge >= 0.3 is 0 Å². The normalized spacial score (nSPS) is 12.6. The van der Waals surface area contributed by atoms with Gasteiger partial charge in [-0.1, -0.05) is 0 Å². The van der Waals surface area contributed by atoms with E-state index >= 15 is 0 Å². The number of nitrogens with one attached hydrogen (secondary N) is 1. The molecule has 1 aromatic heterocycles. The lowest BCUT2D eigenvalue weighted by atomic mass is 10.2. The second-order valence-corrected chi connectivity index (χ2v) is 3.99. The number of rotatable bonds is 2. The van der Waals surface area contributed by atoms with Crippen molar-refractivity contribution in [1.82, 2.24) is 4.98 Å². The van der Waals surface area contributed by atoms with Gasteiger partial charge in [-0.3, -0.25) is 0 Å². The Morgan fingerprint density at radius 2 is 2.00 bits per heavy atom. The van der Waals surface area contributed by atoms with Gasteiger partial charge in [0, 0.05) is 18.0 Å². The van der Waals surface area contributed by atoms with Crippen molar-refractivity contribution >= 4 is 11.5 Å². The Morgan fingerprint density at radius 1 is 1.16 bits per heavy atom. The Labute approximate surface area is 110 Å². The highest BCUT2D eigenvalue weighted by molar-refractivity contribution is 5.65. The molecule has 2 aromatic rings. The quantitative estimate of drug-likeness (QED) is 0.890. The van der Waals surface area contributed by atoms with Crippen LogP contribution in [0.1, 0.15) is 5.56 Å². The summed E-state index contributed by atoms with van der Waals surface area (Å²) < 4.78 is 11.0. The van der Waals surface area contributed by atoms with E-state index in [1.165, 1.54) is 0 Å². The summed E-state index contributed by atoms with van der Waals surface area (Å²) in [7, 11) is 0. The molecule has 5 nitrogen and oxygen atoms in total. The number of fused-ring (bicyclic) bond motifs is 1. The maximum Gasteiger partial charge on any atom is 0.163 e. The number of aromatic nitrogens is 1. The number of nitriles is 1. The Bertz CT molecular complexity index is 649. The monoisotopic (exact) mass is 253 g/mol. The fourth-order valence-corrected chi connectivity index (χ4v) is 1.85. The van der Waals surface area contributed by atoms with E-state index in [0.29, 0.717) is 30.3 Å². The fraction of sp³-hybridized carbons (Fsp3) is 0.143. The third kappa shape index (κ3) is 2.29. The molecule has 0 radical (unpaired) electrons. The number of anilines is 2. The van der Waals surface area contributed by atoms with Gasteiger partial charge in [-0.2, -0.15) is 5.26 Å². The molecule has 0 bridgehead atoms. The molecule has 0 saturated heterocycles. The molecule has 1 aliphatic rings. The van der Waals surface area contributed by atoms with E-state index in [0.717, 1.165) is 11.4 Å². The molecule has 1 aliphatic heterocycles. The van der Waals surface area contributed by atoms with Crippen molar-refractivity contribution in [1.29, 1.82) is 5.26 Å². The van der Waals surface area contributed by atoms with Crippen molar-refractivity contribution < 1.29 is 9.47 Å². The Balaban J connectivity index is 1.89. The van der Waals surface area contributed by atoms with Gasteiger partial charge in [0.15, 0.2) is 11.5 Å². The van der Waals surface area contributed by atoms with Gasteiger partial charge in [0.25, 0.3) is 0 Å². The highest BCUT2D eigenvalue weighted by Crippen LogP contribution is 2.33.